The van der Waals surface area contributed by atoms with Gasteiger partial charge in [0, 0.05) is 24.4 Å². The number of aromatic nitrogens is 1. The van der Waals surface area contributed by atoms with Crippen LogP contribution in [0, 0.1) is 0 Å². The topological polar surface area (TPSA) is 16.1 Å². The molecule has 2 heterocycles. The van der Waals surface area contributed by atoms with Gasteiger partial charge in [-0.1, -0.05) is 6.58 Å². The second kappa shape index (κ2) is 2.87. The highest BCUT2D eigenvalue weighted by Gasteiger charge is 2.24. The lowest BCUT2D eigenvalue weighted by molar-refractivity contribution is 0.764. The number of allylic oxidation sites excluding steroid dienone is 1. The molecule has 68 valence electrons. The minimum absolute atomic E-state index is 0.470. The molecule has 0 aromatic carbocycles. The molecule has 2 rings (SSSR count). The molecule has 0 unspecified atom stereocenters. The first kappa shape index (κ1) is 8.30. The molecule has 0 radical (unpaired) electrons. The lowest BCUT2D eigenvalue weighted by Crippen LogP contribution is -2.26. The van der Waals surface area contributed by atoms with E-state index >= 15 is 0 Å². The summed E-state index contributed by atoms with van der Waals surface area (Å²) in [4.78, 5) is 6.59. The third-order valence-corrected chi connectivity index (χ3v) is 2.35. The molecule has 0 atom stereocenters. The van der Waals surface area contributed by atoms with Crippen molar-refractivity contribution in [2.24, 2.45) is 0 Å². The zero-order chi connectivity index (χ0) is 9.42. The van der Waals surface area contributed by atoms with E-state index in [1.54, 1.807) is 0 Å². The SMILES string of the molecule is C=C1Cc2ncccc2N1C(C)C. The van der Waals surface area contributed by atoms with Crippen molar-refractivity contribution < 1.29 is 0 Å². The number of rotatable bonds is 1. The van der Waals surface area contributed by atoms with Gasteiger partial charge >= 0.3 is 0 Å². The maximum Gasteiger partial charge on any atom is 0.0698 e. The minimum atomic E-state index is 0.470. The van der Waals surface area contributed by atoms with E-state index in [0.717, 1.165) is 17.8 Å². The molecule has 1 aliphatic heterocycles. The summed E-state index contributed by atoms with van der Waals surface area (Å²) in [5.74, 6) is 0. The van der Waals surface area contributed by atoms with E-state index in [0.29, 0.717) is 6.04 Å². The van der Waals surface area contributed by atoms with Crippen molar-refractivity contribution in [1.29, 1.82) is 0 Å². The first-order valence-corrected chi connectivity index (χ1v) is 4.61. The Balaban J connectivity index is 2.46. The number of pyridine rings is 1. The van der Waals surface area contributed by atoms with Gasteiger partial charge in [-0.25, -0.2) is 0 Å². The van der Waals surface area contributed by atoms with Gasteiger partial charge in [0.2, 0.25) is 0 Å². The Bertz CT molecular complexity index is 342. The minimum Gasteiger partial charge on any atom is -0.341 e. The van der Waals surface area contributed by atoms with E-state index in [2.05, 4.69) is 36.4 Å². The van der Waals surface area contributed by atoms with E-state index < -0.39 is 0 Å². The van der Waals surface area contributed by atoms with Gasteiger partial charge in [0.25, 0.3) is 0 Å². The summed E-state index contributed by atoms with van der Waals surface area (Å²) < 4.78 is 0. The van der Waals surface area contributed by atoms with Gasteiger partial charge in [-0.15, -0.1) is 0 Å². The Hall–Kier alpha value is -1.31. The number of hydrogen-bond donors (Lipinski definition) is 0. The van der Waals surface area contributed by atoms with Crippen molar-refractivity contribution in [3.05, 3.63) is 36.3 Å². The van der Waals surface area contributed by atoms with Crippen molar-refractivity contribution in [3.63, 3.8) is 0 Å². The van der Waals surface area contributed by atoms with E-state index in [4.69, 9.17) is 0 Å². The van der Waals surface area contributed by atoms with Crippen LogP contribution in [-0.4, -0.2) is 11.0 Å². The molecule has 13 heavy (non-hydrogen) atoms. The molecular formula is C11H14N2. The van der Waals surface area contributed by atoms with Crippen LogP contribution in [-0.2, 0) is 6.42 Å². The van der Waals surface area contributed by atoms with Crippen LogP contribution in [0.15, 0.2) is 30.6 Å². The summed E-state index contributed by atoms with van der Waals surface area (Å²) in [5, 5.41) is 0. The molecule has 0 aliphatic carbocycles. The van der Waals surface area contributed by atoms with Crippen molar-refractivity contribution in [2.75, 3.05) is 4.90 Å². The van der Waals surface area contributed by atoms with Gasteiger partial charge in [-0.3, -0.25) is 4.98 Å². The van der Waals surface area contributed by atoms with E-state index in [9.17, 15) is 0 Å². The first-order valence-electron chi connectivity index (χ1n) is 4.61. The van der Waals surface area contributed by atoms with Crippen molar-refractivity contribution in [2.45, 2.75) is 26.3 Å². The molecule has 0 saturated heterocycles. The Kier molecular flexibility index (Phi) is 1.83. The third kappa shape index (κ3) is 1.22. The van der Waals surface area contributed by atoms with Crippen LogP contribution in [0.3, 0.4) is 0 Å². The summed E-state index contributed by atoms with van der Waals surface area (Å²) >= 11 is 0. The fraction of sp³-hybridized carbons (Fsp3) is 0.364. The second-order valence-corrected chi connectivity index (χ2v) is 3.68. The number of nitrogens with zero attached hydrogens (tertiary/aromatic N) is 2. The summed E-state index contributed by atoms with van der Waals surface area (Å²) in [5.41, 5.74) is 3.53. The lowest BCUT2D eigenvalue weighted by Gasteiger charge is -2.24. The lowest BCUT2D eigenvalue weighted by atomic mass is 10.3. The average Bonchev–Trinajstić information content (AvgIpc) is 2.39. The van der Waals surface area contributed by atoms with Crippen LogP contribution < -0.4 is 4.90 Å². The molecular weight excluding hydrogens is 160 g/mol. The van der Waals surface area contributed by atoms with Crippen LogP contribution in [0.5, 0.6) is 0 Å². The molecule has 0 spiro atoms. The zero-order valence-corrected chi connectivity index (χ0v) is 8.12. The van der Waals surface area contributed by atoms with Crippen LogP contribution in [0.2, 0.25) is 0 Å². The standard InChI is InChI=1S/C11H14N2/c1-8(2)13-9(3)7-10-11(13)5-4-6-12-10/h4-6,8H,3,7H2,1-2H3. The molecule has 2 nitrogen and oxygen atoms in total. The fourth-order valence-corrected chi connectivity index (χ4v) is 1.88. The Morgan fingerprint density at radius 3 is 3.00 bits per heavy atom. The first-order chi connectivity index (χ1) is 6.20. The predicted octanol–water partition coefficient (Wildman–Crippen LogP) is 2.37. The third-order valence-electron chi connectivity index (χ3n) is 2.35. The van der Waals surface area contributed by atoms with Crippen molar-refractivity contribution >= 4 is 5.69 Å². The second-order valence-electron chi connectivity index (χ2n) is 3.68. The van der Waals surface area contributed by atoms with Gasteiger partial charge in [-0.2, -0.15) is 0 Å². The highest BCUT2D eigenvalue weighted by molar-refractivity contribution is 5.62. The number of anilines is 1. The van der Waals surface area contributed by atoms with Crippen LogP contribution in [0.4, 0.5) is 5.69 Å². The fourth-order valence-electron chi connectivity index (χ4n) is 1.88. The molecule has 0 fully saturated rings. The number of hydrogen-bond acceptors (Lipinski definition) is 2. The van der Waals surface area contributed by atoms with Crippen LogP contribution in [0.1, 0.15) is 19.5 Å². The maximum atomic E-state index is 4.34. The Morgan fingerprint density at radius 2 is 2.31 bits per heavy atom. The van der Waals surface area contributed by atoms with Gasteiger partial charge in [0.1, 0.15) is 0 Å². The smallest absolute Gasteiger partial charge is 0.0698 e. The summed E-state index contributed by atoms with van der Waals surface area (Å²) in [6, 6.07) is 4.56. The Morgan fingerprint density at radius 1 is 1.54 bits per heavy atom. The van der Waals surface area contributed by atoms with Crippen molar-refractivity contribution in [3.8, 4) is 0 Å². The van der Waals surface area contributed by atoms with Gasteiger partial charge in [-0.05, 0) is 26.0 Å². The van der Waals surface area contributed by atoms with E-state index in [1.165, 1.54) is 5.69 Å². The van der Waals surface area contributed by atoms with Crippen LogP contribution >= 0.6 is 0 Å². The molecule has 1 aromatic rings. The van der Waals surface area contributed by atoms with Crippen LogP contribution in [0.25, 0.3) is 0 Å². The highest BCUT2D eigenvalue weighted by Crippen LogP contribution is 2.33. The predicted molar refractivity (Wildman–Crippen MR) is 54.7 cm³/mol. The van der Waals surface area contributed by atoms with E-state index in [1.807, 2.05) is 12.3 Å². The molecule has 0 saturated carbocycles. The Labute approximate surface area is 78.9 Å². The van der Waals surface area contributed by atoms with Gasteiger partial charge in [0.05, 0.1) is 11.4 Å². The summed E-state index contributed by atoms with van der Waals surface area (Å²) in [6.45, 7) is 8.41. The van der Waals surface area contributed by atoms with Gasteiger partial charge < -0.3 is 4.90 Å². The van der Waals surface area contributed by atoms with Crippen molar-refractivity contribution in [1.82, 2.24) is 4.98 Å². The maximum absolute atomic E-state index is 4.34. The largest absolute Gasteiger partial charge is 0.341 e. The molecule has 1 aromatic heterocycles. The zero-order valence-electron chi connectivity index (χ0n) is 8.12. The molecule has 2 heteroatoms. The average molecular weight is 174 g/mol. The van der Waals surface area contributed by atoms with E-state index in [-0.39, 0.29) is 0 Å². The molecule has 1 aliphatic rings. The monoisotopic (exact) mass is 174 g/mol. The normalized spacial score (nSPS) is 15.3. The highest BCUT2D eigenvalue weighted by atomic mass is 15.2. The quantitative estimate of drug-likeness (QED) is 0.649. The molecule has 0 N–H and O–H groups in total. The number of fused-ring (bicyclic) bond motifs is 1. The summed E-state index contributed by atoms with van der Waals surface area (Å²) in [6.07, 6.45) is 2.74. The summed E-state index contributed by atoms with van der Waals surface area (Å²) in [7, 11) is 0. The molecule has 0 bridgehead atoms. The van der Waals surface area contributed by atoms with Gasteiger partial charge in [0.15, 0.2) is 0 Å². The molecule has 0 amide bonds.